The lowest BCUT2D eigenvalue weighted by atomic mass is 10.1. The Labute approximate surface area is 82.0 Å². The van der Waals surface area contributed by atoms with Crippen LogP contribution in [0.5, 0.6) is 0 Å². The summed E-state index contributed by atoms with van der Waals surface area (Å²) in [6, 6.07) is 7.59. The second-order valence-corrected chi connectivity index (χ2v) is 2.96. The van der Waals surface area contributed by atoms with E-state index in [1.807, 2.05) is 24.3 Å². The molecule has 1 amide bonds. The number of hydrogen-bond acceptors (Lipinski definition) is 3. The molecule has 1 heterocycles. The zero-order valence-electron chi connectivity index (χ0n) is 7.66. The summed E-state index contributed by atoms with van der Waals surface area (Å²) < 4.78 is 0. The van der Waals surface area contributed by atoms with Gasteiger partial charge in [0.2, 0.25) is 6.41 Å². The molecule has 0 atom stereocenters. The van der Waals surface area contributed by atoms with Crippen molar-refractivity contribution in [2.24, 2.45) is 4.99 Å². The fourth-order valence-electron chi connectivity index (χ4n) is 1.46. The van der Waals surface area contributed by atoms with Gasteiger partial charge in [0, 0.05) is 12.1 Å². The van der Waals surface area contributed by atoms with Gasteiger partial charge < -0.3 is 10.6 Å². The summed E-state index contributed by atoms with van der Waals surface area (Å²) in [7, 11) is 0. The van der Waals surface area contributed by atoms with E-state index in [0.29, 0.717) is 6.41 Å². The highest BCUT2D eigenvalue weighted by Crippen LogP contribution is 2.15. The van der Waals surface area contributed by atoms with E-state index in [1.54, 1.807) is 0 Å². The van der Waals surface area contributed by atoms with Crippen LogP contribution in [0.25, 0.3) is 0 Å². The minimum absolute atomic E-state index is 0.675. The van der Waals surface area contributed by atoms with Crippen molar-refractivity contribution in [3.8, 4) is 0 Å². The predicted octanol–water partition coefficient (Wildman–Crippen LogP) is 0.605. The number of carbonyl (C=O) groups is 1. The molecule has 0 spiro atoms. The first-order valence-corrected chi connectivity index (χ1v) is 4.50. The van der Waals surface area contributed by atoms with Crippen molar-refractivity contribution in [1.82, 2.24) is 5.32 Å². The maximum Gasteiger partial charge on any atom is 0.211 e. The third kappa shape index (κ3) is 1.59. The Morgan fingerprint density at radius 3 is 3.00 bits per heavy atom. The maximum absolute atomic E-state index is 10.4. The van der Waals surface area contributed by atoms with Crippen LogP contribution >= 0.6 is 0 Å². The lowest BCUT2D eigenvalue weighted by Crippen LogP contribution is -2.20. The minimum atomic E-state index is 0.675. The number of carbonyl (C=O) groups excluding carboxylic acids is 1. The smallest absolute Gasteiger partial charge is 0.211 e. The third-order valence-corrected chi connectivity index (χ3v) is 2.07. The number of rotatable bonds is 3. The number of nitrogens with zero attached hydrogens (tertiary/aromatic N) is 1. The summed E-state index contributed by atoms with van der Waals surface area (Å²) in [6.45, 7) is 1.66. The number of para-hydroxylation sites is 1. The second kappa shape index (κ2) is 3.91. The van der Waals surface area contributed by atoms with Crippen LogP contribution in [0.15, 0.2) is 29.3 Å². The van der Waals surface area contributed by atoms with Crippen molar-refractivity contribution < 1.29 is 4.79 Å². The average Bonchev–Trinajstić information content (AvgIpc) is 2.72. The topological polar surface area (TPSA) is 53.5 Å². The summed E-state index contributed by atoms with van der Waals surface area (Å²) in [5.41, 5.74) is 1.73. The number of aliphatic imine (C=N–C) groups is 1. The van der Waals surface area contributed by atoms with E-state index in [4.69, 9.17) is 0 Å². The normalized spacial score (nSPS) is 14.4. The van der Waals surface area contributed by atoms with Gasteiger partial charge in [-0.2, -0.15) is 0 Å². The minimum Gasteiger partial charge on any atom is -0.368 e. The molecule has 1 aliphatic heterocycles. The van der Waals surface area contributed by atoms with E-state index in [9.17, 15) is 4.79 Å². The van der Waals surface area contributed by atoms with Crippen molar-refractivity contribution in [2.45, 2.75) is 0 Å². The van der Waals surface area contributed by atoms with E-state index in [0.717, 1.165) is 30.2 Å². The van der Waals surface area contributed by atoms with Gasteiger partial charge in [-0.1, -0.05) is 12.1 Å². The summed E-state index contributed by atoms with van der Waals surface area (Å²) in [4.78, 5) is 14.7. The van der Waals surface area contributed by atoms with Gasteiger partial charge in [0.15, 0.2) is 0 Å². The molecule has 0 saturated carbocycles. The van der Waals surface area contributed by atoms with Crippen molar-refractivity contribution >= 4 is 17.9 Å². The largest absolute Gasteiger partial charge is 0.368 e. The van der Waals surface area contributed by atoms with Crippen molar-refractivity contribution in [2.75, 3.05) is 18.4 Å². The molecule has 0 radical (unpaired) electrons. The summed E-state index contributed by atoms with van der Waals surface area (Å²) in [5.74, 6) is 0.856. The van der Waals surface area contributed by atoms with Gasteiger partial charge in [-0.15, -0.1) is 0 Å². The summed E-state index contributed by atoms with van der Waals surface area (Å²) >= 11 is 0. The Morgan fingerprint density at radius 1 is 1.43 bits per heavy atom. The lowest BCUT2D eigenvalue weighted by molar-refractivity contribution is -0.105. The van der Waals surface area contributed by atoms with Gasteiger partial charge in [0.25, 0.3) is 0 Å². The van der Waals surface area contributed by atoms with Gasteiger partial charge in [-0.25, -0.2) is 0 Å². The molecule has 2 rings (SSSR count). The summed E-state index contributed by atoms with van der Waals surface area (Å²) in [5, 5.41) is 5.82. The van der Waals surface area contributed by atoms with E-state index in [1.165, 1.54) is 0 Å². The zero-order valence-corrected chi connectivity index (χ0v) is 7.66. The molecule has 1 aromatic rings. The van der Waals surface area contributed by atoms with Crippen LogP contribution in [0.1, 0.15) is 5.56 Å². The number of amides is 1. The van der Waals surface area contributed by atoms with Gasteiger partial charge in [-0.05, 0) is 12.1 Å². The van der Waals surface area contributed by atoms with Crippen LogP contribution in [0.4, 0.5) is 5.69 Å². The molecule has 0 fully saturated rings. The highest BCUT2D eigenvalue weighted by molar-refractivity contribution is 6.05. The molecule has 4 nitrogen and oxygen atoms in total. The Balaban J connectivity index is 2.35. The van der Waals surface area contributed by atoms with Gasteiger partial charge >= 0.3 is 0 Å². The lowest BCUT2D eigenvalue weighted by Gasteiger charge is -2.07. The molecule has 72 valence electrons. The molecule has 4 heteroatoms. The first-order chi connectivity index (χ1) is 6.92. The molecule has 14 heavy (non-hydrogen) atoms. The summed E-state index contributed by atoms with van der Waals surface area (Å²) in [6.07, 6.45) is 0.675. The Hall–Kier alpha value is -1.84. The molecule has 1 aliphatic rings. The van der Waals surface area contributed by atoms with Crippen molar-refractivity contribution in [3.05, 3.63) is 29.8 Å². The Kier molecular flexibility index (Phi) is 2.44. The molecule has 0 aromatic heterocycles. The number of nitrogens with one attached hydrogen (secondary N) is 2. The molecule has 0 unspecified atom stereocenters. The van der Waals surface area contributed by atoms with E-state index < -0.39 is 0 Å². The molecule has 0 aliphatic carbocycles. The Morgan fingerprint density at radius 2 is 2.29 bits per heavy atom. The molecule has 0 saturated heterocycles. The average molecular weight is 189 g/mol. The molecule has 1 aromatic carbocycles. The zero-order chi connectivity index (χ0) is 9.80. The fourth-order valence-corrected chi connectivity index (χ4v) is 1.46. The van der Waals surface area contributed by atoms with E-state index in [2.05, 4.69) is 15.6 Å². The number of amidine groups is 1. The van der Waals surface area contributed by atoms with Gasteiger partial charge in [0.05, 0.1) is 12.2 Å². The first-order valence-electron chi connectivity index (χ1n) is 4.50. The highest BCUT2D eigenvalue weighted by atomic mass is 16.1. The molecular weight excluding hydrogens is 178 g/mol. The second-order valence-electron chi connectivity index (χ2n) is 2.96. The fraction of sp³-hybridized carbons (Fsp3) is 0.200. The van der Waals surface area contributed by atoms with Crippen LogP contribution in [0.3, 0.4) is 0 Å². The van der Waals surface area contributed by atoms with Crippen LogP contribution in [-0.2, 0) is 4.79 Å². The number of anilines is 1. The highest BCUT2D eigenvalue weighted by Gasteiger charge is 2.10. The van der Waals surface area contributed by atoms with Gasteiger partial charge in [-0.3, -0.25) is 9.79 Å². The first kappa shape index (κ1) is 8.74. The van der Waals surface area contributed by atoms with Gasteiger partial charge in [0.1, 0.15) is 5.84 Å². The monoisotopic (exact) mass is 189 g/mol. The third-order valence-electron chi connectivity index (χ3n) is 2.07. The molecular formula is C10H11N3O. The van der Waals surface area contributed by atoms with E-state index >= 15 is 0 Å². The standard InChI is InChI=1S/C10H11N3O/c14-7-13-9-4-2-1-3-8(9)10-11-5-6-12-10/h1-4,7H,5-6H2,(H,11,12)(H,13,14). The van der Waals surface area contributed by atoms with Crippen molar-refractivity contribution in [3.63, 3.8) is 0 Å². The number of benzene rings is 1. The molecule has 0 bridgehead atoms. The van der Waals surface area contributed by atoms with Crippen LogP contribution in [0, 0.1) is 0 Å². The van der Waals surface area contributed by atoms with Crippen LogP contribution in [-0.4, -0.2) is 25.3 Å². The predicted molar refractivity (Wildman–Crippen MR) is 55.5 cm³/mol. The number of hydrogen-bond donors (Lipinski definition) is 2. The molecule has 2 N–H and O–H groups in total. The van der Waals surface area contributed by atoms with Crippen LogP contribution < -0.4 is 10.6 Å². The SMILES string of the molecule is O=CNc1ccccc1C1=NCCN1. The quantitative estimate of drug-likeness (QED) is 0.684. The Bertz CT molecular complexity index is 373. The van der Waals surface area contributed by atoms with E-state index in [-0.39, 0.29) is 0 Å². The maximum atomic E-state index is 10.4. The van der Waals surface area contributed by atoms with Crippen molar-refractivity contribution in [1.29, 1.82) is 0 Å². The van der Waals surface area contributed by atoms with Crippen LogP contribution in [0.2, 0.25) is 0 Å².